The number of carbonyl (C=O) groups is 2. The van der Waals surface area contributed by atoms with Crippen molar-refractivity contribution < 1.29 is 14.7 Å². The van der Waals surface area contributed by atoms with Crippen molar-refractivity contribution >= 4 is 34.9 Å². The zero-order valence-electron chi connectivity index (χ0n) is 15.5. The fourth-order valence-electron chi connectivity index (χ4n) is 4.36. The summed E-state index contributed by atoms with van der Waals surface area (Å²) in [5.74, 6) is 0.0206. The van der Waals surface area contributed by atoms with Gasteiger partial charge in [-0.15, -0.1) is 0 Å². The van der Waals surface area contributed by atoms with Gasteiger partial charge in [0.1, 0.15) is 0 Å². The van der Waals surface area contributed by atoms with Gasteiger partial charge in [-0.05, 0) is 23.8 Å². The molecule has 1 saturated heterocycles. The number of nitrogens with zero attached hydrogens (tertiary/aromatic N) is 2. The average Bonchev–Trinajstić information content (AvgIpc) is 2.69. The second-order valence-electron chi connectivity index (χ2n) is 7.08. The first-order chi connectivity index (χ1) is 13.6. The minimum atomic E-state index is -0.296. The van der Waals surface area contributed by atoms with Crippen LogP contribution >= 0.6 is 11.6 Å². The Morgan fingerprint density at radius 2 is 1.89 bits per heavy atom. The van der Waals surface area contributed by atoms with Crippen molar-refractivity contribution in [3.8, 4) is 0 Å². The number of halogens is 1. The Bertz CT molecular complexity index is 919. The molecular formula is C21H22ClN3O3. The molecule has 4 rings (SSSR count). The third-order valence-electron chi connectivity index (χ3n) is 5.64. The minimum absolute atomic E-state index is 0.00820. The number of rotatable bonds is 3. The molecule has 1 fully saturated rings. The number of benzene rings is 2. The molecule has 0 radical (unpaired) electrons. The number of likely N-dealkylation sites (tertiary alicyclic amines) is 1. The quantitative estimate of drug-likeness (QED) is 0.830. The second-order valence-corrected chi connectivity index (χ2v) is 7.48. The van der Waals surface area contributed by atoms with Crippen LogP contribution in [-0.2, 0) is 4.79 Å². The molecule has 0 spiro atoms. The Morgan fingerprint density at radius 3 is 2.61 bits per heavy atom. The molecule has 0 bridgehead atoms. The largest absolute Gasteiger partial charge is 0.394 e. The van der Waals surface area contributed by atoms with Crippen LogP contribution in [0.1, 0.15) is 24.8 Å². The second kappa shape index (κ2) is 7.45. The molecule has 0 unspecified atom stereocenters. The summed E-state index contributed by atoms with van der Waals surface area (Å²) < 4.78 is 0. The van der Waals surface area contributed by atoms with E-state index in [1.807, 2.05) is 31.2 Å². The van der Waals surface area contributed by atoms with E-state index in [4.69, 9.17) is 11.6 Å². The molecule has 3 atom stereocenters. The van der Waals surface area contributed by atoms with E-state index in [0.717, 1.165) is 11.3 Å². The van der Waals surface area contributed by atoms with Crippen LogP contribution in [0, 0.1) is 0 Å². The van der Waals surface area contributed by atoms with Crippen molar-refractivity contribution in [3.63, 3.8) is 0 Å². The van der Waals surface area contributed by atoms with Gasteiger partial charge in [0.2, 0.25) is 5.91 Å². The van der Waals surface area contributed by atoms with Gasteiger partial charge in [-0.2, -0.15) is 0 Å². The molecule has 6 nitrogen and oxygen atoms in total. The van der Waals surface area contributed by atoms with E-state index in [2.05, 4.69) is 5.32 Å². The number of anilines is 2. The standard InChI is InChI=1S/C21H22ClN3O3/c1-2-19(27)25-17-11-24(21(28)23-15-9-5-4-8-14(15)22)16-10-6-3-7-13(16)20(17)18(25)12-26/h3-10,17-18,20,26H,2,11-12H2,1H3,(H,23,28)/t17-,18-,20+/m1/s1. The number of para-hydroxylation sites is 2. The highest BCUT2D eigenvalue weighted by molar-refractivity contribution is 6.33. The molecule has 2 aliphatic heterocycles. The van der Waals surface area contributed by atoms with Crippen molar-refractivity contribution in [1.82, 2.24) is 4.90 Å². The zero-order chi connectivity index (χ0) is 19.8. The van der Waals surface area contributed by atoms with E-state index in [1.54, 1.807) is 34.1 Å². The maximum absolute atomic E-state index is 13.1. The van der Waals surface area contributed by atoms with E-state index in [1.165, 1.54) is 0 Å². The van der Waals surface area contributed by atoms with Crippen LogP contribution in [0.2, 0.25) is 5.02 Å². The Hall–Kier alpha value is -2.57. The van der Waals surface area contributed by atoms with Crippen molar-refractivity contribution in [2.24, 2.45) is 0 Å². The first-order valence-corrected chi connectivity index (χ1v) is 9.78. The molecule has 2 heterocycles. The van der Waals surface area contributed by atoms with E-state index < -0.39 is 0 Å². The van der Waals surface area contributed by atoms with E-state index in [9.17, 15) is 14.7 Å². The summed E-state index contributed by atoms with van der Waals surface area (Å²) in [4.78, 5) is 28.9. The third kappa shape index (κ3) is 2.93. The highest BCUT2D eigenvalue weighted by atomic mass is 35.5. The number of amides is 3. The highest BCUT2D eigenvalue weighted by Crippen LogP contribution is 2.48. The molecular weight excluding hydrogens is 378 g/mol. The Balaban J connectivity index is 1.67. The lowest BCUT2D eigenvalue weighted by atomic mass is 9.72. The van der Waals surface area contributed by atoms with Gasteiger partial charge < -0.3 is 15.3 Å². The summed E-state index contributed by atoms with van der Waals surface area (Å²) in [7, 11) is 0. The monoisotopic (exact) mass is 399 g/mol. The lowest BCUT2D eigenvalue weighted by Gasteiger charge is -2.58. The Labute approximate surface area is 168 Å². The summed E-state index contributed by atoms with van der Waals surface area (Å²) >= 11 is 6.18. The number of nitrogens with one attached hydrogen (secondary N) is 1. The van der Waals surface area contributed by atoms with Crippen LogP contribution in [0.25, 0.3) is 0 Å². The third-order valence-corrected chi connectivity index (χ3v) is 5.97. The molecule has 2 aromatic carbocycles. The van der Waals surface area contributed by atoms with Crippen LogP contribution in [0.15, 0.2) is 48.5 Å². The summed E-state index contributed by atoms with van der Waals surface area (Å²) in [6.45, 7) is 2.09. The lowest BCUT2D eigenvalue weighted by molar-refractivity contribution is -0.149. The molecule has 2 aromatic rings. The summed E-state index contributed by atoms with van der Waals surface area (Å²) in [6.07, 6.45) is 0.368. The molecule has 0 aliphatic carbocycles. The van der Waals surface area contributed by atoms with Crippen molar-refractivity contribution in [3.05, 3.63) is 59.1 Å². The lowest BCUT2D eigenvalue weighted by Crippen LogP contribution is -2.70. The van der Waals surface area contributed by atoms with Crippen LogP contribution in [0.4, 0.5) is 16.2 Å². The van der Waals surface area contributed by atoms with Gasteiger partial charge in [0.05, 0.1) is 29.4 Å². The molecule has 0 saturated carbocycles. The van der Waals surface area contributed by atoms with E-state index >= 15 is 0 Å². The minimum Gasteiger partial charge on any atom is -0.394 e. The Kier molecular flexibility index (Phi) is 5.00. The van der Waals surface area contributed by atoms with E-state index in [-0.39, 0.29) is 36.5 Å². The molecule has 146 valence electrons. The first-order valence-electron chi connectivity index (χ1n) is 9.40. The van der Waals surface area contributed by atoms with Crippen LogP contribution in [0.5, 0.6) is 0 Å². The number of hydrogen-bond donors (Lipinski definition) is 2. The predicted octanol–water partition coefficient (Wildman–Crippen LogP) is 3.46. The number of urea groups is 1. The van der Waals surface area contributed by atoms with Crippen LogP contribution < -0.4 is 10.2 Å². The summed E-state index contributed by atoms with van der Waals surface area (Å²) in [6, 6.07) is 14.1. The number of fused-ring (bicyclic) bond motifs is 3. The Morgan fingerprint density at radius 1 is 1.18 bits per heavy atom. The zero-order valence-corrected chi connectivity index (χ0v) is 16.3. The summed E-state index contributed by atoms with van der Waals surface area (Å²) in [5.41, 5.74) is 2.32. The maximum Gasteiger partial charge on any atom is 0.326 e. The highest BCUT2D eigenvalue weighted by Gasteiger charge is 2.54. The molecule has 3 amide bonds. The molecule has 28 heavy (non-hydrogen) atoms. The fourth-order valence-corrected chi connectivity index (χ4v) is 4.54. The number of carbonyl (C=O) groups excluding carboxylic acids is 2. The van der Waals surface area contributed by atoms with Gasteiger partial charge >= 0.3 is 6.03 Å². The smallest absolute Gasteiger partial charge is 0.326 e. The molecule has 2 N–H and O–H groups in total. The van der Waals surface area contributed by atoms with Gasteiger partial charge in [0, 0.05) is 24.6 Å². The molecule has 0 aromatic heterocycles. The SMILES string of the molecule is CCC(=O)N1[C@H](CO)[C@H]2c3ccccc3N(C(=O)Nc3ccccc3Cl)C[C@H]21. The van der Waals surface area contributed by atoms with Crippen molar-refractivity contribution in [2.75, 3.05) is 23.4 Å². The number of aliphatic hydroxyl groups is 1. The van der Waals surface area contributed by atoms with Gasteiger partial charge in [-0.25, -0.2) is 4.79 Å². The van der Waals surface area contributed by atoms with Crippen molar-refractivity contribution in [2.45, 2.75) is 31.3 Å². The fraction of sp³-hybridized carbons (Fsp3) is 0.333. The topological polar surface area (TPSA) is 72.9 Å². The average molecular weight is 400 g/mol. The normalized spacial score (nSPS) is 22.8. The maximum atomic E-state index is 13.1. The van der Waals surface area contributed by atoms with Crippen LogP contribution in [-0.4, -0.2) is 47.2 Å². The van der Waals surface area contributed by atoms with Gasteiger partial charge in [-0.3, -0.25) is 9.69 Å². The van der Waals surface area contributed by atoms with Gasteiger partial charge in [0.25, 0.3) is 0 Å². The first kappa shape index (κ1) is 18.8. The number of hydrogen-bond acceptors (Lipinski definition) is 3. The van der Waals surface area contributed by atoms with Crippen molar-refractivity contribution in [1.29, 1.82) is 0 Å². The van der Waals surface area contributed by atoms with Crippen LogP contribution in [0.3, 0.4) is 0 Å². The van der Waals surface area contributed by atoms with Gasteiger partial charge in [0.15, 0.2) is 0 Å². The molecule has 2 aliphatic rings. The predicted molar refractivity (Wildman–Crippen MR) is 109 cm³/mol. The van der Waals surface area contributed by atoms with E-state index in [0.29, 0.717) is 23.7 Å². The molecule has 7 heteroatoms. The van der Waals surface area contributed by atoms with Gasteiger partial charge in [-0.1, -0.05) is 48.9 Å². The number of aliphatic hydroxyl groups excluding tert-OH is 1. The summed E-state index contributed by atoms with van der Waals surface area (Å²) in [5, 5.41) is 13.2.